The molecule has 2 aromatic carbocycles. The molecule has 1 N–H and O–H groups in total. The smallest absolute Gasteiger partial charge is 0.376 e. The van der Waals surface area contributed by atoms with Gasteiger partial charge in [0.25, 0.3) is 0 Å². The first-order valence-electron chi connectivity index (χ1n) is 12.5. The molecule has 0 aliphatic carbocycles. The molecule has 36 heavy (non-hydrogen) atoms. The van der Waals surface area contributed by atoms with Crippen LogP contribution in [0.5, 0.6) is 0 Å². The zero-order chi connectivity index (χ0) is 25.7. The number of hydrogen-bond donors (Lipinski definition) is 1. The molecule has 2 heterocycles. The summed E-state index contributed by atoms with van der Waals surface area (Å²) in [4.78, 5) is 30.8. The number of amides is 2. The number of nitrogens with zero attached hydrogens (tertiary/aromatic N) is 3. The van der Waals surface area contributed by atoms with Crippen LogP contribution in [0.2, 0.25) is 0 Å². The Balaban J connectivity index is 1.50. The molecule has 9 heteroatoms. The van der Waals surface area contributed by atoms with Crippen LogP contribution in [0.4, 0.5) is 18.9 Å². The van der Waals surface area contributed by atoms with E-state index in [1.54, 1.807) is 11.0 Å². The van der Waals surface area contributed by atoms with Gasteiger partial charge in [-0.1, -0.05) is 37.3 Å². The topological polar surface area (TPSA) is 55.9 Å². The van der Waals surface area contributed by atoms with Crippen molar-refractivity contribution in [3.05, 3.63) is 64.7 Å². The molecule has 1 fully saturated rings. The maximum Gasteiger partial charge on any atom is 0.416 e. The van der Waals surface area contributed by atoms with Crippen molar-refractivity contribution in [3.63, 3.8) is 0 Å². The first-order chi connectivity index (χ1) is 17.3. The number of hydrogen-bond acceptors (Lipinski definition) is 4. The van der Waals surface area contributed by atoms with E-state index in [4.69, 9.17) is 0 Å². The van der Waals surface area contributed by atoms with E-state index in [1.165, 1.54) is 22.6 Å². The first kappa shape index (κ1) is 26.0. The highest BCUT2D eigenvalue weighted by atomic mass is 19.4. The second-order valence-corrected chi connectivity index (χ2v) is 9.37. The Hall–Kier alpha value is -3.07. The third kappa shape index (κ3) is 6.19. The molecule has 0 aromatic heterocycles. The van der Waals surface area contributed by atoms with Gasteiger partial charge in [0.2, 0.25) is 11.8 Å². The number of likely N-dealkylation sites (N-methyl/N-ethyl adjacent to an activating group) is 1. The molecule has 194 valence electrons. The fourth-order valence-electron chi connectivity index (χ4n) is 4.97. The summed E-state index contributed by atoms with van der Waals surface area (Å²) < 4.78 is 40.8. The van der Waals surface area contributed by atoms with Crippen molar-refractivity contribution in [2.75, 3.05) is 44.6 Å². The van der Waals surface area contributed by atoms with Crippen LogP contribution in [0.25, 0.3) is 0 Å². The lowest BCUT2D eigenvalue weighted by atomic mass is 9.98. The van der Waals surface area contributed by atoms with Crippen LogP contribution in [-0.4, -0.2) is 65.8 Å². The molecule has 2 aliphatic heterocycles. The maximum absolute atomic E-state index is 13.6. The van der Waals surface area contributed by atoms with Crippen LogP contribution in [0.1, 0.15) is 42.0 Å². The third-order valence-corrected chi connectivity index (χ3v) is 7.08. The minimum Gasteiger partial charge on any atom is -0.376 e. The number of halogens is 3. The van der Waals surface area contributed by atoms with Crippen molar-refractivity contribution in [3.8, 4) is 0 Å². The van der Waals surface area contributed by atoms with Crippen LogP contribution >= 0.6 is 0 Å². The van der Waals surface area contributed by atoms with Crippen molar-refractivity contribution in [2.45, 2.75) is 45.5 Å². The Labute approximate surface area is 210 Å². The van der Waals surface area contributed by atoms with Gasteiger partial charge in [-0.3, -0.25) is 14.5 Å². The average molecular weight is 503 g/mol. The summed E-state index contributed by atoms with van der Waals surface area (Å²) in [6.07, 6.45) is -2.33. The fraction of sp³-hybridized carbons (Fsp3) is 0.481. The highest BCUT2D eigenvalue weighted by Crippen LogP contribution is 2.32. The van der Waals surface area contributed by atoms with Gasteiger partial charge in [-0.25, -0.2) is 0 Å². The molecule has 6 nitrogen and oxygen atoms in total. The van der Waals surface area contributed by atoms with Crippen LogP contribution < -0.4 is 5.32 Å². The molecule has 2 amide bonds. The number of carbonyl (C=O) groups excluding carboxylic acids is 2. The summed E-state index contributed by atoms with van der Waals surface area (Å²) in [6, 6.07) is 11.3. The molecule has 0 atom stereocenters. The summed E-state index contributed by atoms with van der Waals surface area (Å²) in [7, 11) is 0. The van der Waals surface area contributed by atoms with Crippen LogP contribution in [0, 0.1) is 0 Å². The van der Waals surface area contributed by atoms with Crippen LogP contribution in [0.3, 0.4) is 0 Å². The molecule has 2 aromatic rings. The van der Waals surface area contributed by atoms with Gasteiger partial charge in [-0.2, -0.15) is 13.2 Å². The molecular formula is C27H33F3N4O2. The Kier molecular flexibility index (Phi) is 8.18. The standard InChI is InChI=1S/C27H33F3N4O2/c1-2-32-14-12-20-8-5-10-24(22(20)19-32)31-17-26(36)34(16-15-33-13-6-11-25(33)35)18-21-7-3-4-9-23(21)27(28,29)30/h3-5,7-10,31H,2,6,11-19H2,1H3. The zero-order valence-electron chi connectivity index (χ0n) is 20.6. The fourth-order valence-corrected chi connectivity index (χ4v) is 4.97. The molecule has 0 saturated carbocycles. The van der Waals surface area contributed by atoms with Crippen molar-refractivity contribution in [1.29, 1.82) is 0 Å². The van der Waals surface area contributed by atoms with Crippen LogP contribution in [-0.2, 0) is 35.3 Å². The monoisotopic (exact) mass is 502 g/mol. The van der Waals surface area contributed by atoms with Crippen molar-refractivity contribution in [2.24, 2.45) is 0 Å². The number of carbonyl (C=O) groups is 2. The molecule has 2 aliphatic rings. The molecule has 0 unspecified atom stereocenters. The van der Waals surface area contributed by atoms with E-state index in [9.17, 15) is 22.8 Å². The lowest BCUT2D eigenvalue weighted by Gasteiger charge is -2.30. The van der Waals surface area contributed by atoms with Gasteiger partial charge in [-0.15, -0.1) is 0 Å². The van der Waals surface area contributed by atoms with Crippen molar-refractivity contribution >= 4 is 17.5 Å². The van der Waals surface area contributed by atoms with Crippen molar-refractivity contribution < 1.29 is 22.8 Å². The number of alkyl halides is 3. The quantitative estimate of drug-likeness (QED) is 0.560. The minimum absolute atomic E-state index is 0.0209. The second kappa shape index (κ2) is 11.3. The summed E-state index contributed by atoms with van der Waals surface area (Å²) in [5.41, 5.74) is 2.59. The SMILES string of the molecule is CCN1CCc2cccc(NCC(=O)N(CCN3CCCC3=O)Cc3ccccc3C(F)(F)F)c2C1. The lowest BCUT2D eigenvalue weighted by molar-refractivity contribution is -0.139. The number of anilines is 1. The second-order valence-electron chi connectivity index (χ2n) is 9.37. The highest BCUT2D eigenvalue weighted by Gasteiger charge is 2.34. The lowest BCUT2D eigenvalue weighted by Crippen LogP contribution is -2.41. The molecule has 4 rings (SSSR count). The van der Waals surface area contributed by atoms with Crippen LogP contribution in [0.15, 0.2) is 42.5 Å². The van der Waals surface area contributed by atoms with E-state index < -0.39 is 11.7 Å². The third-order valence-electron chi connectivity index (χ3n) is 7.08. The Bertz CT molecular complexity index is 1090. The normalized spacial score (nSPS) is 16.2. The summed E-state index contributed by atoms with van der Waals surface area (Å²) in [6.45, 7) is 5.73. The molecule has 1 saturated heterocycles. The largest absolute Gasteiger partial charge is 0.416 e. The van der Waals surface area contributed by atoms with E-state index >= 15 is 0 Å². The first-order valence-corrected chi connectivity index (χ1v) is 12.5. The summed E-state index contributed by atoms with van der Waals surface area (Å²) in [5, 5.41) is 3.24. The number of rotatable bonds is 9. The van der Waals surface area contributed by atoms with E-state index in [2.05, 4.69) is 23.2 Å². The van der Waals surface area contributed by atoms with Gasteiger partial charge >= 0.3 is 6.18 Å². The highest BCUT2D eigenvalue weighted by molar-refractivity contribution is 5.82. The number of nitrogens with one attached hydrogen (secondary N) is 1. The van der Waals surface area contributed by atoms with Gasteiger partial charge in [0.15, 0.2) is 0 Å². The minimum atomic E-state index is -4.51. The van der Waals surface area contributed by atoms with E-state index in [0.717, 1.165) is 49.8 Å². The number of benzene rings is 2. The predicted octanol–water partition coefficient (Wildman–Crippen LogP) is 4.15. The van der Waals surface area contributed by atoms with Gasteiger partial charge in [0, 0.05) is 51.4 Å². The van der Waals surface area contributed by atoms with E-state index in [-0.39, 0.29) is 37.0 Å². The molecular weight excluding hydrogens is 469 g/mol. The van der Waals surface area contributed by atoms with E-state index in [1.807, 2.05) is 12.1 Å². The van der Waals surface area contributed by atoms with Gasteiger partial charge < -0.3 is 15.1 Å². The van der Waals surface area contributed by atoms with Gasteiger partial charge in [0.05, 0.1) is 12.1 Å². The summed E-state index contributed by atoms with van der Waals surface area (Å²) in [5.74, 6) is -0.285. The Morgan fingerprint density at radius 2 is 1.89 bits per heavy atom. The molecule has 0 spiro atoms. The number of fused-ring (bicyclic) bond motifs is 1. The Morgan fingerprint density at radius 1 is 1.08 bits per heavy atom. The predicted molar refractivity (Wildman–Crippen MR) is 132 cm³/mol. The maximum atomic E-state index is 13.6. The number of likely N-dealkylation sites (tertiary alicyclic amines) is 1. The van der Waals surface area contributed by atoms with E-state index in [0.29, 0.717) is 19.5 Å². The average Bonchev–Trinajstić information content (AvgIpc) is 3.28. The van der Waals surface area contributed by atoms with Gasteiger partial charge in [0.1, 0.15) is 0 Å². The van der Waals surface area contributed by atoms with Gasteiger partial charge in [-0.05, 0) is 48.2 Å². The summed E-state index contributed by atoms with van der Waals surface area (Å²) >= 11 is 0. The molecule has 0 bridgehead atoms. The zero-order valence-corrected chi connectivity index (χ0v) is 20.6. The molecule has 0 radical (unpaired) electrons. The Morgan fingerprint density at radius 3 is 2.61 bits per heavy atom. The van der Waals surface area contributed by atoms with Crippen molar-refractivity contribution in [1.82, 2.24) is 14.7 Å².